The first-order valence-corrected chi connectivity index (χ1v) is 23.2. The molecule has 15 heteroatoms. The zero-order valence-corrected chi connectivity index (χ0v) is 38.0. The second-order valence-electron chi connectivity index (χ2n) is 18.4. The van der Waals surface area contributed by atoms with Gasteiger partial charge in [0.05, 0.1) is 41.6 Å². The Bertz CT molecular complexity index is 2340. The van der Waals surface area contributed by atoms with Crippen molar-refractivity contribution in [2.24, 2.45) is 29.1 Å². The summed E-state index contributed by atoms with van der Waals surface area (Å²) in [5.74, 6) is -2.03. The summed E-state index contributed by atoms with van der Waals surface area (Å²) in [5, 5.41) is 8.03. The molecular weight excluding hydrogens is 807 g/mol. The van der Waals surface area contributed by atoms with Gasteiger partial charge in [0.1, 0.15) is 23.2 Å². The predicted molar refractivity (Wildman–Crippen MR) is 236 cm³/mol. The standard InChI is InChI=1S/C47H61N7O7S/c1-9-53-35-16-15-29-21-31(35)32(40(53)30-13-11-18-48-38(30)28(5)59-8)22-47(6,7)25-61-46(58)33-14-12-19-54(51-33)45(57)39(41(60-10-2)43-49-34(29)24-62-43)50-42(55)36-27(4)37(36)44(56)52-20-17-26(3)23-52/h11,13,15-16,18,21,24,26-28,33,36-37,39,41,51H,9-10,12,14,17,19-20,22-23,25H2,1-8H3,(H,50,55)/t26-,27-,28+,33+,36-,37-,39+,41+/m1/s1. The summed E-state index contributed by atoms with van der Waals surface area (Å²) in [6, 6.07) is 8.45. The van der Waals surface area contributed by atoms with Crippen LogP contribution < -0.4 is 10.7 Å². The van der Waals surface area contributed by atoms with Gasteiger partial charge in [-0.05, 0) is 88.1 Å². The van der Waals surface area contributed by atoms with Gasteiger partial charge < -0.3 is 29.0 Å². The van der Waals surface area contributed by atoms with Gasteiger partial charge in [-0.3, -0.25) is 29.2 Å². The van der Waals surface area contributed by atoms with Crippen LogP contribution in [0.1, 0.15) is 96.2 Å². The van der Waals surface area contributed by atoms with Crippen molar-refractivity contribution in [3.8, 4) is 22.5 Å². The van der Waals surface area contributed by atoms with E-state index in [1.54, 1.807) is 13.3 Å². The predicted octanol–water partition coefficient (Wildman–Crippen LogP) is 6.49. The van der Waals surface area contributed by atoms with E-state index in [4.69, 9.17) is 24.2 Å². The molecule has 3 fully saturated rings. The van der Waals surface area contributed by atoms with E-state index in [9.17, 15) is 19.2 Å². The second kappa shape index (κ2) is 17.8. The average molecular weight is 868 g/mol. The van der Waals surface area contributed by atoms with Crippen LogP contribution in [0, 0.1) is 29.1 Å². The van der Waals surface area contributed by atoms with E-state index in [-0.39, 0.29) is 37.0 Å². The molecule has 1 aliphatic carbocycles. The number of esters is 1. The summed E-state index contributed by atoms with van der Waals surface area (Å²) in [6.45, 7) is 17.0. The van der Waals surface area contributed by atoms with Crippen molar-refractivity contribution >= 4 is 45.9 Å². The van der Waals surface area contributed by atoms with E-state index in [0.717, 1.165) is 45.4 Å². The second-order valence-corrected chi connectivity index (χ2v) is 19.3. The summed E-state index contributed by atoms with van der Waals surface area (Å²) in [7, 11) is 1.69. The molecule has 8 rings (SSSR count). The molecule has 2 saturated heterocycles. The minimum Gasteiger partial charge on any atom is -0.464 e. The van der Waals surface area contributed by atoms with Crippen LogP contribution in [0.4, 0.5) is 0 Å². The quantitative estimate of drug-likeness (QED) is 0.178. The van der Waals surface area contributed by atoms with Gasteiger partial charge in [0, 0.05) is 78.9 Å². The molecule has 2 N–H and O–H groups in total. The highest BCUT2D eigenvalue weighted by Gasteiger charge is 2.58. The van der Waals surface area contributed by atoms with Gasteiger partial charge in [-0.25, -0.2) is 10.4 Å². The summed E-state index contributed by atoms with van der Waals surface area (Å²) < 4.78 is 20.6. The van der Waals surface area contributed by atoms with E-state index < -0.39 is 47.3 Å². The minimum absolute atomic E-state index is 0.00174. The number of hydrogen-bond acceptors (Lipinski definition) is 11. The SMILES string of the molecule is CCO[C@@H]1c2nc(cs2)-c2ccc3c(c2)c(c(-c2cccnc2[C@H](C)OC)n3CC)CC(C)(C)COC(=O)[C@@H]2CCCN(N2)C(=O)[C@H]1NC(=O)[C@@H]1[C@@H](C)[C@H]1C(=O)N1CC[C@@H](C)C1. The Kier molecular flexibility index (Phi) is 12.6. The number of methoxy groups -OCH3 is 1. The first kappa shape index (κ1) is 43.9. The third-order valence-corrected chi connectivity index (χ3v) is 14.2. The van der Waals surface area contributed by atoms with Crippen molar-refractivity contribution < 1.29 is 33.4 Å². The molecule has 3 aromatic heterocycles. The number of aromatic nitrogens is 3. The topological polar surface area (TPSA) is 157 Å². The maximum atomic E-state index is 14.8. The summed E-state index contributed by atoms with van der Waals surface area (Å²) in [4.78, 5) is 68.4. The lowest BCUT2D eigenvalue weighted by atomic mass is 9.84. The van der Waals surface area contributed by atoms with E-state index in [0.29, 0.717) is 62.1 Å². The molecule has 1 aromatic carbocycles. The molecule has 6 heterocycles. The first-order chi connectivity index (χ1) is 29.7. The van der Waals surface area contributed by atoms with Crippen LogP contribution in [0.15, 0.2) is 41.9 Å². The third kappa shape index (κ3) is 8.40. The van der Waals surface area contributed by atoms with Gasteiger partial charge in [-0.1, -0.05) is 33.8 Å². The van der Waals surface area contributed by atoms with Crippen LogP contribution >= 0.6 is 11.3 Å². The summed E-state index contributed by atoms with van der Waals surface area (Å²) in [6.07, 6.45) is 3.14. The van der Waals surface area contributed by atoms with Gasteiger partial charge in [0.25, 0.3) is 5.91 Å². The van der Waals surface area contributed by atoms with Crippen LogP contribution in [-0.4, -0.2) is 100 Å². The molecule has 8 atom stereocenters. The number of cyclic esters (lactones) is 1. The normalized spacial score (nSPS) is 26.9. The summed E-state index contributed by atoms with van der Waals surface area (Å²) in [5.41, 5.74) is 9.27. The lowest BCUT2D eigenvalue weighted by Crippen LogP contribution is -2.61. The van der Waals surface area contributed by atoms with Crippen LogP contribution in [0.25, 0.3) is 33.4 Å². The number of ether oxygens (including phenoxy) is 3. The lowest BCUT2D eigenvalue weighted by molar-refractivity contribution is -0.156. The number of rotatable bonds is 9. The maximum Gasteiger partial charge on any atom is 0.324 e. The van der Waals surface area contributed by atoms with Crippen molar-refractivity contribution in [1.82, 2.24) is 35.2 Å². The molecule has 1 saturated carbocycles. The summed E-state index contributed by atoms with van der Waals surface area (Å²) >= 11 is 1.37. The van der Waals surface area contributed by atoms with E-state index >= 15 is 0 Å². The molecule has 4 aliphatic rings. The Hall–Kier alpha value is -4.70. The Labute approximate surface area is 368 Å². The number of likely N-dealkylation sites (tertiary alicyclic amines) is 1. The van der Waals surface area contributed by atoms with Crippen molar-refractivity contribution in [2.75, 3.05) is 40.0 Å². The third-order valence-electron chi connectivity index (χ3n) is 13.3. The number of thiazole rings is 1. The van der Waals surface area contributed by atoms with Crippen molar-refractivity contribution in [3.05, 3.63) is 58.2 Å². The lowest BCUT2D eigenvalue weighted by Gasteiger charge is -2.37. The van der Waals surface area contributed by atoms with Crippen molar-refractivity contribution in [2.45, 2.75) is 105 Å². The molecular formula is C47H61N7O7S. The molecule has 0 unspecified atom stereocenters. The van der Waals surface area contributed by atoms with Crippen molar-refractivity contribution in [1.29, 1.82) is 0 Å². The van der Waals surface area contributed by atoms with Gasteiger partial charge in [-0.2, -0.15) is 0 Å². The molecule has 62 heavy (non-hydrogen) atoms. The highest BCUT2D eigenvalue weighted by atomic mass is 32.1. The first-order valence-electron chi connectivity index (χ1n) is 22.3. The highest BCUT2D eigenvalue weighted by Crippen LogP contribution is 2.48. The number of aryl methyl sites for hydroxylation is 1. The van der Waals surface area contributed by atoms with Gasteiger partial charge in [-0.15, -0.1) is 11.3 Å². The number of nitrogens with one attached hydrogen (secondary N) is 2. The molecule has 0 radical (unpaired) electrons. The fourth-order valence-electron chi connectivity index (χ4n) is 9.78. The minimum atomic E-state index is -1.20. The van der Waals surface area contributed by atoms with Crippen LogP contribution in [0.5, 0.6) is 0 Å². The number of hydrazine groups is 1. The molecule has 3 aliphatic heterocycles. The Balaban J connectivity index is 1.22. The number of pyridine rings is 1. The smallest absolute Gasteiger partial charge is 0.324 e. The number of hydrogen-bond donors (Lipinski definition) is 2. The fourth-order valence-corrected chi connectivity index (χ4v) is 10.7. The number of nitrogens with zero attached hydrogens (tertiary/aromatic N) is 5. The van der Waals surface area contributed by atoms with Crippen LogP contribution in [0.2, 0.25) is 0 Å². The number of fused-ring (bicyclic) bond motifs is 6. The molecule has 14 nitrogen and oxygen atoms in total. The van der Waals surface area contributed by atoms with Gasteiger partial charge in [0.2, 0.25) is 11.8 Å². The Morgan fingerprint density at radius 1 is 1.11 bits per heavy atom. The molecule has 4 aromatic rings. The number of carbonyl (C=O) groups excluding carboxylic acids is 4. The molecule has 332 valence electrons. The number of carbonyl (C=O) groups is 4. The van der Waals surface area contributed by atoms with E-state index in [1.165, 1.54) is 16.3 Å². The van der Waals surface area contributed by atoms with Gasteiger partial charge in [0.15, 0.2) is 0 Å². The van der Waals surface area contributed by atoms with E-state index in [1.807, 2.05) is 37.1 Å². The largest absolute Gasteiger partial charge is 0.464 e. The fraction of sp³-hybridized carbons (Fsp3) is 0.574. The molecule has 0 spiro atoms. The number of benzene rings is 1. The zero-order valence-electron chi connectivity index (χ0n) is 37.2. The van der Waals surface area contributed by atoms with Gasteiger partial charge >= 0.3 is 5.97 Å². The monoisotopic (exact) mass is 867 g/mol. The number of amides is 3. The Morgan fingerprint density at radius 2 is 1.92 bits per heavy atom. The van der Waals surface area contributed by atoms with Crippen LogP contribution in [-0.2, 0) is 46.4 Å². The average Bonchev–Trinajstić information content (AvgIpc) is 3.61. The van der Waals surface area contributed by atoms with Crippen molar-refractivity contribution in [3.63, 3.8) is 0 Å². The zero-order chi connectivity index (χ0) is 44.0. The Morgan fingerprint density at radius 3 is 2.65 bits per heavy atom. The maximum absolute atomic E-state index is 14.8. The molecule has 3 amide bonds. The molecule has 6 bridgehead atoms. The van der Waals surface area contributed by atoms with E-state index in [2.05, 4.69) is 67.3 Å². The highest BCUT2D eigenvalue weighted by molar-refractivity contribution is 7.10. The van der Waals surface area contributed by atoms with Crippen LogP contribution in [0.3, 0.4) is 0 Å².